The van der Waals surface area contributed by atoms with Crippen molar-refractivity contribution >= 4 is 22.5 Å². The van der Waals surface area contributed by atoms with Crippen LogP contribution >= 0.6 is 11.7 Å². The summed E-state index contributed by atoms with van der Waals surface area (Å²) in [6.07, 6.45) is 5.55. The average Bonchev–Trinajstić information content (AvgIpc) is 2.98. The average molecular weight is 270 g/mol. The first-order valence-corrected chi connectivity index (χ1v) is 6.96. The summed E-state index contributed by atoms with van der Waals surface area (Å²) in [6.45, 7) is 2.98. The third-order valence-corrected chi connectivity index (χ3v) is 3.60. The van der Waals surface area contributed by atoms with Crippen molar-refractivity contribution < 1.29 is 0 Å². The van der Waals surface area contributed by atoms with Crippen LogP contribution in [0.1, 0.15) is 24.2 Å². The fraction of sp³-hybridized carbons (Fsp3) is 0.214. The van der Waals surface area contributed by atoms with Crippen molar-refractivity contribution in [2.75, 3.05) is 6.54 Å². The zero-order chi connectivity index (χ0) is 13.1. The van der Waals surface area contributed by atoms with Gasteiger partial charge >= 0.3 is 0 Å². The SMILES string of the molecule is CCNC(c1cnsn1)c1cccc2cnccc12. The van der Waals surface area contributed by atoms with Gasteiger partial charge in [-0.05, 0) is 23.6 Å². The van der Waals surface area contributed by atoms with E-state index in [9.17, 15) is 0 Å². The standard InChI is InChI=1S/C14H14N4S/c1-2-16-14(13-9-17-19-18-13)12-5-3-4-10-8-15-7-6-11(10)12/h3-9,14,16H,2H2,1H3. The van der Waals surface area contributed by atoms with Gasteiger partial charge in [0.1, 0.15) is 0 Å². The first-order chi connectivity index (χ1) is 9.40. The van der Waals surface area contributed by atoms with Crippen molar-refractivity contribution in [3.63, 3.8) is 0 Å². The van der Waals surface area contributed by atoms with Crippen LogP contribution in [0.25, 0.3) is 10.8 Å². The van der Waals surface area contributed by atoms with Gasteiger partial charge in [0.2, 0.25) is 0 Å². The Kier molecular flexibility index (Phi) is 3.48. The smallest absolute Gasteiger partial charge is 0.0957 e. The molecule has 0 bridgehead atoms. The lowest BCUT2D eigenvalue weighted by molar-refractivity contribution is 0.623. The van der Waals surface area contributed by atoms with Crippen LogP contribution in [-0.2, 0) is 0 Å². The van der Waals surface area contributed by atoms with Crippen molar-refractivity contribution in [3.05, 3.63) is 54.1 Å². The van der Waals surface area contributed by atoms with Gasteiger partial charge in [-0.3, -0.25) is 4.98 Å². The minimum absolute atomic E-state index is 0.0786. The maximum atomic E-state index is 4.37. The number of nitrogens with zero attached hydrogens (tertiary/aromatic N) is 3. The quantitative estimate of drug-likeness (QED) is 0.792. The van der Waals surface area contributed by atoms with E-state index in [-0.39, 0.29) is 6.04 Å². The van der Waals surface area contributed by atoms with E-state index in [2.05, 4.69) is 50.2 Å². The molecule has 1 aromatic carbocycles. The zero-order valence-electron chi connectivity index (χ0n) is 10.6. The lowest BCUT2D eigenvalue weighted by atomic mass is 9.98. The van der Waals surface area contributed by atoms with E-state index in [1.807, 2.05) is 18.6 Å². The first-order valence-electron chi connectivity index (χ1n) is 6.23. The monoisotopic (exact) mass is 270 g/mol. The van der Waals surface area contributed by atoms with Crippen LogP contribution in [0.5, 0.6) is 0 Å². The van der Waals surface area contributed by atoms with Gasteiger partial charge in [-0.2, -0.15) is 8.75 Å². The number of fused-ring (bicyclic) bond motifs is 1. The molecule has 3 aromatic rings. The van der Waals surface area contributed by atoms with Gasteiger partial charge in [0, 0.05) is 17.8 Å². The highest BCUT2D eigenvalue weighted by atomic mass is 32.1. The molecule has 0 aliphatic heterocycles. The molecule has 0 spiro atoms. The van der Waals surface area contributed by atoms with Gasteiger partial charge in [-0.15, -0.1) is 0 Å². The zero-order valence-corrected chi connectivity index (χ0v) is 11.4. The summed E-state index contributed by atoms with van der Waals surface area (Å²) < 4.78 is 8.48. The molecule has 1 unspecified atom stereocenters. The summed E-state index contributed by atoms with van der Waals surface area (Å²) in [5.41, 5.74) is 2.19. The molecule has 0 saturated heterocycles. The summed E-state index contributed by atoms with van der Waals surface area (Å²) in [6, 6.07) is 8.40. The van der Waals surface area contributed by atoms with Gasteiger partial charge in [0.15, 0.2) is 0 Å². The maximum absolute atomic E-state index is 4.37. The van der Waals surface area contributed by atoms with Gasteiger partial charge in [0.05, 0.1) is 29.7 Å². The lowest BCUT2D eigenvalue weighted by Crippen LogP contribution is -2.22. The van der Waals surface area contributed by atoms with Crippen molar-refractivity contribution in [3.8, 4) is 0 Å². The molecule has 1 N–H and O–H groups in total. The van der Waals surface area contributed by atoms with Gasteiger partial charge < -0.3 is 5.32 Å². The molecule has 2 aromatic heterocycles. The van der Waals surface area contributed by atoms with Gasteiger partial charge in [-0.1, -0.05) is 25.1 Å². The number of hydrogen-bond acceptors (Lipinski definition) is 5. The predicted octanol–water partition coefficient (Wildman–Crippen LogP) is 2.79. The number of rotatable bonds is 4. The fourth-order valence-electron chi connectivity index (χ4n) is 2.28. The van der Waals surface area contributed by atoms with Crippen LogP contribution in [0.15, 0.2) is 42.9 Å². The molecule has 5 heteroatoms. The molecule has 2 heterocycles. The Labute approximate surface area is 115 Å². The van der Waals surface area contributed by atoms with Crippen molar-refractivity contribution in [2.45, 2.75) is 13.0 Å². The molecule has 1 atom stereocenters. The number of aromatic nitrogens is 3. The first kappa shape index (κ1) is 12.2. The number of nitrogens with one attached hydrogen (secondary N) is 1. The highest BCUT2D eigenvalue weighted by Gasteiger charge is 2.17. The molecule has 0 amide bonds. The highest BCUT2D eigenvalue weighted by Crippen LogP contribution is 2.27. The molecule has 0 aliphatic rings. The van der Waals surface area contributed by atoms with E-state index in [0.29, 0.717) is 0 Å². The molecule has 96 valence electrons. The minimum atomic E-state index is 0.0786. The minimum Gasteiger partial charge on any atom is -0.305 e. The van der Waals surface area contributed by atoms with Crippen LogP contribution in [0.3, 0.4) is 0 Å². The Bertz CT molecular complexity index is 661. The lowest BCUT2D eigenvalue weighted by Gasteiger charge is -2.17. The highest BCUT2D eigenvalue weighted by molar-refractivity contribution is 6.99. The van der Waals surface area contributed by atoms with Crippen LogP contribution in [0.4, 0.5) is 0 Å². The molecule has 19 heavy (non-hydrogen) atoms. The summed E-state index contributed by atoms with van der Waals surface area (Å²) in [5, 5.41) is 5.83. The number of hydrogen-bond donors (Lipinski definition) is 1. The van der Waals surface area contributed by atoms with Crippen LogP contribution in [0, 0.1) is 0 Å². The van der Waals surface area contributed by atoms with E-state index in [0.717, 1.165) is 17.6 Å². The summed E-state index contributed by atoms with van der Waals surface area (Å²) in [7, 11) is 0. The molecule has 3 rings (SSSR count). The van der Waals surface area contributed by atoms with E-state index in [1.54, 1.807) is 0 Å². The Balaban J connectivity index is 2.15. The topological polar surface area (TPSA) is 50.7 Å². The van der Waals surface area contributed by atoms with Crippen LogP contribution in [0.2, 0.25) is 0 Å². The van der Waals surface area contributed by atoms with E-state index < -0.39 is 0 Å². The summed E-state index contributed by atoms with van der Waals surface area (Å²) >= 11 is 1.24. The number of pyridine rings is 1. The Hall–Kier alpha value is -1.85. The molecule has 0 fully saturated rings. The van der Waals surface area contributed by atoms with Gasteiger partial charge in [0.25, 0.3) is 0 Å². The third-order valence-electron chi connectivity index (χ3n) is 3.11. The molecule has 0 saturated carbocycles. The number of benzene rings is 1. The molecular weight excluding hydrogens is 256 g/mol. The molecule has 4 nitrogen and oxygen atoms in total. The Morgan fingerprint density at radius 3 is 3.00 bits per heavy atom. The van der Waals surface area contributed by atoms with Crippen molar-refractivity contribution in [2.24, 2.45) is 0 Å². The van der Waals surface area contributed by atoms with Crippen LogP contribution < -0.4 is 5.32 Å². The van der Waals surface area contributed by atoms with E-state index in [1.165, 1.54) is 22.7 Å². The fourth-order valence-corrected chi connectivity index (χ4v) is 2.73. The van der Waals surface area contributed by atoms with Crippen molar-refractivity contribution in [1.29, 1.82) is 0 Å². The second kappa shape index (κ2) is 5.42. The van der Waals surface area contributed by atoms with Crippen molar-refractivity contribution in [1.82, 2.24) is 19.0 Å². The van der Waals surface area contributed by atoms with Gasteiger partial charge in [-0.25, -0.2) is 0 Å². The molecular formula is C14H14N4S. The van der Waals surface area contributed by atoms with E-state index >= 15 is 0 Å². The summed E-state index contributed by atoms with van der Waals surface area (Å²) in [4.78, 5) is 4.18. The Morgan fingerprint density at radius 1 is 1.26 bits per heavy atom. The predicted molar refractivity (Wildman–Crippen MR) is 77.2 cm³/mol. The van der Waals surface area contributed by atoms with Crippen LogP contribution in [-0.4, -0.2) is 20.3 Å². The third kappa shape index (κ3) is 2.34. The summed E-state index contributed by atoms with van der Waals surface area (Å²) in [5.74, 6) is 0. The Morgan fingerprint density at radius 2 is 2.21 bits per heavy atom. The molecule has 0 aliphatic carbocycles. The molecule has 0 radical (unpaired) electrons. The van der Waals surface area contributed by atoms with E-state index in [4.69, 9.17) is 0 Å². The second-order valence-electron chi connectivity index (χ2n) is 4.27. The maximum Gasteiger partial charge on any atom is 0.0957 e. The normalized spacial score (nSPS) is 12.7. The largest absolute Gasteiger partial charge is 0.305 e. The second-order valence-corrected chi connectivity index (χ2v) is 4.82.